The Labute approximate surface area is 174 Å². The van der Waals surface area contributed by atoms with Crippen LogP contribution in [0.2, 0.25) is 0 Å². The minimum atomic E-state index is -0.165. The molecule has 8 nitrogen and oxygen atoms in total. The molecule has 2 saturated carbocycles. The van der Waals surface area contributed by atoms with E-state index in [1.165, 1.54) is 25.7 Å². The third-order valence-corrected chi connectivity index (χ3v) is 7.91. The van der Waals surface area contributed by atoms with E-state index < -0.39 is 0 Å². The van der Waals surface area contributed by atoms with Crippen molar-refractivity contribution in [2.45, 2.75) is 25.7 Å². The maximum atomic E-state index is 12.9. The molecule has 4 fully saturated rings. The van der Waals surface area contributed by atoms with Crippen LogP contribution in [0.4, 0.5) is 4.79 Å². The number of nitrogens with zero attached hydrogens (tertiary/aromatic N) is 4. The number of rotatable bonds is 3. The van der Waals surface area contributed by atoms with Crippen molar-refractivity contribution in [3.63, 3.8) is 0 Å². The molecule has 30 heavy (non-hydrogen) atoms. The van der Waals surface area contributed by atoms with Gasteiger partial charge >= 0.3 is 6.09 Å². The zero-order chi connectivity index (χ0) is 20.2. The Balaban J connectivity index is 1.03. The Morgan fingerprint density at radius 1 is 1.03 bits per heavy atom. The van der Waals surface area contributed by atoms with Crippen LogP contribution in [0, 0.1) is 29.6 Å². The first-order valence-electron chi connectivity index (χ1n) is 11.2. The minimum Gasteiger partial charge on any atom is -0.449 e. The van der Waals surface area contributed by atoms with Crippen LogP contribution >= 0.6 is 0 Å². The SMILES string of the molecule is O=C(OCC1C[C@@H]2CC[C@@H]1C2)N1C[C@@H]2CN(C(=O)c3ccc4[nH]nnc4c3)C[C@@H]2C1. The summed E-state index contributed by atoms with van der Waals surface area (Å²) in [7, 11) is 0. The number of H-pyrrole nitrogens is 1. The fourth-order valence-corrected chi connectivity index (χ4v) is 6.32. The second kappa shape index (κ2) is 6.96. The molecule has 2 aliphatic carbocycles. The van der Waals surface area contributed by atoms with Gasteiger partial charge in [-0.25, -0.2) is 4.79 Å². The lowest BCUT2D eigenvalue weighted by Crippen LogP contribution is -2.36. The normalized spacial score (nSPS) is 32.2. The van der Waals surface area contributed by atoms with Crippen LogP contribution in [0.5, 0.6) is 0 Å². The zero-order valence-corrected chi connectivity index (χ0v) is 17.0. The smallest absolute Gasteiger partial charge is 0.409 e. The van der Waals surface area contributed by atoms with Gasteiger partial charge in [0.05, 0.1) is 12.1 Å². The van der Waals surface area contributed by atoms with Crippen molar-refractivity contribution in [3.05, 3.63) is 23.8 Å². The fourth-order valence-electron chi connectivity index (χ4n) is 6.32. The highest BCUT2D eigenvalue weighted by Crippen LogP contribution is 2.48. The van der Waals surface area contributed by atoms with Crippen LogP contribution in [-0.4, -0.2) is 70.0 Å². The maximum Gasteiger partial charge on any atom is 0.409 e. The summed E-state index contributed by atoms with van der Waals surface area (Å²) in [4.78, 5) is 29.3. The van der Waals surface area contributed by atoms with E-state index in [1.54, 1.807) is 6.07 Å². The molecule has 2 aromatic rings. The molecule has 5 atom stereocenters. The number of carbonyl (C=O) groups excluding carboxylic acids is 2. The predicted molar refractivity (Wildman–Crippen MR) is 109 cm³/mol. The lowest BCUT2D eigenvalue weighted by molar-refractivity contribution is 0.0735. The average Bonchev–Trinajstić information content (AvgIpc) is 3.55. The second-order valence-corrected chi connectivity index (χ2v) is 9.69. The van der Waals surface area contributed by atoms with Gasteiger partial charge in [0.2, 0.25) is 0 Å². The first-order chi connectivity index (χ1) is 14.6. The number of aromatic amines is 1. The topological polar surface area (TPSA) is 91.4 Å². The number of carbonyl (C=O) groups is 2. The van der Waals surface area contributed by atoms with Crippen molar-refractivity contribution in [3.8, 4) is 0 Å². The van der Waals surface area contributed by atoms with Crippen molar-refractivity contribution in [2.24, 2.45) is 29.6 Å². The molecule has 3 heterocycles. The standard InChI is InChI=1S/C22H27N5O3/c28-21(15-3-4-19-20(7-15)24-25-23-19)26-8-17-10-27(11-18(17)9-26)22(29)30-12-16-6-13-1-2-14(16)5-13/h3-4,7,13-14,16-18H,1-2,5-6,8-12H2,(H,23,24,25)/t13-,14-,16?,17-,18+/m1/s1. The molecular formula is C22H27N5O3. The maximum absolute atomic E-state index is 12.9. The van der Waals surface area contributed by atoms with Crippen LogP contribution in [-0.2, 0) is 4.74 Å². The quantitative estimate of drug-likeness (QED) is 0.841. The monoisotopic (exact) mass is 409 g/mol. The van der Waals surface area contributed by atoms with Crippen LogP contribution in [0.1, 0.15) is 36.0 Å². The molecule has 1 aromatic heterocycles. The van der Waals surface area contributed by atoms with Gasteiger partial charge in [-0.2, -0.15) is 0 Å². The fraction of sp³-hybridized carbons (Fsp3) is 0.636. The molecule has 1 aromatic carbocycles. The van der Waals surface area contributed by atoms with Crippen LogP contribution in [0.25, 0.3) is 11.0 Å². The van der Waals surface area contributed by atoms with Crippen molar-refractivity contribution in [1.82, 2.24) is 25.2 Å². The Morgan fingerprint density at radius 2 is 1.83 bits per heavy atom. The van der Waals surface area contributed by atoms with E-state index in [9.17, 15) is 9.59 Å². The van der Waals surface area contributed by atoms with E-state index in [-0.39, 0.29) is 12.0 Å². The minimum absolute atomic E-state index is 0.0275. The highest BCUT2D eigenvalue weighted by atomic mass is 16.6. The zero-order valence-electron chi connectivity index (χ0n) is 17.0. The van der Waals surface area contributed by atoms with Gasteiger partial charge in [0.15, 0.2) is 0 Å². The molecule has 158 valence electrons. The number of fused-ring (bicyclic) bond motifs is 4. The number of ether oxygens (including phenoxy) is 1. The molecule has 0 radical (unpaired) electrons. The Kier molecular flexibility index (Phi) is 4.21. The summed E-state index contributed by atoms with van der Waals surface area (Å²) >= 11 is 0. The highest BCUT2D eigenvalue weighted by molar-refractivity contribution is 5.97. The van der Waals surface area contributed by atoms with Crippen molar-refractivity contribution in [1.29, 1.82) is 0 Å². The number of hydrogen-bond donors (Lipinski definition) is 1. The van der Waals surface area contributed by atoms with Gasteiger partial charge in [0.25, 0.3) is 5.91 Å². The van der Waals surface area contributed by atoms with E-state index in [0.29, 0.717) is 61.6 Å². The number of likely N-dealkylation sites (tertiary alicyclic amines) is 2. The molecule has 2 bridgehead atoms. The first kappa shape index (κ1) is 18.2. The molecule has 1 unspecified atom stereocenters. The van der Waals surface area contributed by atoms with E-state index in [4.69, 9.17) is 4.74 Å². The molecular weight excluding hydrogens is 382 g/mol. The van der Waals surface area contributed by atoms with E-state index in [2.05, 4.69) is 15.4 Å². The van der Waals surface area contributed by atoms with Gasteiger partial charge < -0.3 is 14.5 Å². The van der Waals surface area contributed by atoms with Gasteiger partial charge in [-0.1, -0.05) is 11.6 Å². The number of aromatic nitrogens is 3. The third kappa shape index (κ3) is 3.04. The Bertz CT molecular complexity index is 976. The summed E-state index contributed by atoms with van der Waals surface area (Å²) < 4.78 is 5.70. The van der Waals surface area contributed by atoms with E-state index in [1.807, 2.05) is 21.9 Å². The van der Waals surface area contributed by atoms with Crippen molar-refractivity contribution in [2.75, 3.05) is 32.8 Å². The first-order valence-corrected chi connectivity index (χ1v) is 11.2. The third-order valence-electron chi connectivity index (χ3n) is 7.91. The molecule has 8 heteroatoms. The summed E-state index contributed by atoms with van der Waals surface area (Å²) in [5, 5.41) is 10.6. The van der Waals surface area contributed by atoms with Crippen molar-refractivity contribution < 1.29 is 14.3 Å². The van der Waals surface area contributed by atoms with Crippen molar-refractivity contribution >= 4 is 23.0 Å². The van der Waals surface area contributed by atoms with Crippen LogP contribution < -0.4 is 0 Å². The highest BCUT2D eigenvalue weighted by Gasteiger charge is 2.44. The molecule has 2 saturated heterocycles. The van der Waals surface area contributed by atoms with Gasteiger partial charge in [-0.05, 0) is 55.2 Å². The molecule has 0 spiro atoms. The molecule has 1 N–H and O–H groups in total. The van der Waals surface area contributed by atoms with Crippen LogP contribution in [0.15, 0.2) is 18.2 Å². The van der Waals surface area contributed by atoms with Crippen LogP contribution in [0.3, 0.4) is 0 Å². The molecule has 2 aliphatic heterocycles. The predicted octanol–water partition coefficient (Wildman–Crippen LogP) is 2.53. The molecule has 4 aliphatic rings. The summed E-state index contributed by atoms with van der Waals surface area (Å²) in [5.41, 5.74) is 2.16. The van der Waals surface area contributed by atoms with Gasteiger partial charge in [0, 0.05) is 43.6 Å². The number of benzene rings is 1. The lowest BCUT2D eigenvalue weighted by atomic mass is 9.90. The average molecular weight is 409 g/mol. The van der Waals surface area contributed by atoms with Gasteiger partial charge in [-0.3, -0.25) is 9.89 Å². The summed E-state index contributed by atoms with van der Waals surface area (Å²) in [6, 6.07) is 5.44. The largest absolute Gasteiger partial charge is 0.449 e. The lowest BCUT2D eigenvalue weighted by Gasteiger charge is -2.24. The summed E-state index contributed by atoms with van der Waals surface area (Å²) in [5.74, 6) is 2.92. The molecule has 6 rings (SSSR count). The number of amides is 2. The Morgan fingerprint density at radius 3 is 2.57 bits per heavy atom. The second-order valence-electron chi connectivity index (χ2n) is 9.69. The van der Waals surface area contributed by atoms with Gasteiger partial charge in [-0.15, -0.1) is 5.10 Å². The number of nitrogens with one attached hydrogen (secondary N) is 1. The summed E-state index contributed by atoms with van der Waals surface area (Å²) in [6.07, 6.45) is 5.09. The van der Waals surface area contributed by atoms with E-state index >= 15 is 0 Å². The van der Waals surface area contributed by atoms with Gasteiger partial charge in [0.1, 0.15) is 5.52 Å². The Hall–Kier alpha value is -2.64. The number of hydrogen-bond acceptors (Lipinski definition) is 5. The molecule has 2 amide bonds. The van der Waals surface area contributed by atoms with E-state index in [0.717, 1.165) is 17.4 Å². The summed E-state index contributed by atoms with van der Waals surface area (Å²) in [6.45, 7) is 3.34.